The van der Waals surface area contributed by atoms with Crippen LogP contribution in [0.3, 0.4) is 0 Å². The van der Waals surface area contributed by atoms with Crippen molar-refractivity contribution in [3.63, 3.8) is 0 Å². The SMILES string of the molecule is C[C@H](NCC1CCCCN1)c1cccs1. The van der Waals surface area contributed by atoms with Gasteiger partial charge in [0.05, 0.1) is 0 Å². The second kappa shape index (κ2) is 5.64. The maximum Gasteiger partial charge on any atom is 0.0386 e. The lowest BCUT2D eigenvalue weighted by Gasteiger charge is -2.25. The molecule has 0 spiro atoms. The minimum atomic E-state index is 0.494. The number of hydrogen-bond acceptors (Lipinski definition) is 3. The molecule has 0 aliphatic carbocycles. The monoisotopic (exact) mass is 224 g/mol. The molecule has 1 aromatic heterocycles. The quantitative estimate of drug-likeness (QED) is 0.821. The molecule has 1 unspecified atom stereocenters. The van der Waals surface area contributed by atoms with E-state index in [2.05, 4.69) is 35.1 Å². The van der Waals surface area contributed by atoms with Gasteiger partial charge >= 0.3 is 0 Å². The summed E-state index contributed by atoms with van der Waals surface area (Å²) in [7, 11) is 0. The number of thiophene rings is 1. The third-order valence-electron chi connectivity index (χ3n) is 3.05. The molecule has 0 amide bonds. The number of nitrogens with one attached hydrogen (secondary N) is 2. The Labute approximate surface area is 96.1 Å². The van der Waals surface area contributed by atoms with Crippen LogP contribution in [0.25, 0.3) is 0 Å². The van der Waals surface area contributed by atoms with Gasteiger partial charge in [-0.2, -0.15) is 0 Å². The maximum atomic E-state index is 3.60. The molecule has 1 aliphatic heterocycles. The lowest BCUT2D eigenvalue weighted by molar-refractivity contribution is 0.372. The van der Waals surface area contributed by atoms with E-state index in [-0.39, 0.29) is 0 Å². The zero-order valence-corrected chi connectivity index (χ0v) is 10.1. The highest BCUT2D eigenvalue weighted by atomic mass is 32.1. The summed E-state index contributed by atoms with van der Waals surface area (Å²) in [6, 6.07) is 5.50. The summed E-state index contributed by atoms with van der Waals surface area (Å²) in [5.41, 5.74) is 0. The van der Waals surface area contributed by atoms with Crippen LogP contribution in [0.1, 0.15) is 37.1 Å². The van der Waals surface area contributed by atoms with Crippen LogP contribution >= 0.6 is 11.3 Å². The van der Waals surface area contributed by atoms with Crippen molar-refractivity contribution in [2.75, 3.05) is 13.1 Å². The van der Waals surface area contributed by atoms with Crippen LogP contribution in [-0.2, 0) is 0 Å². The standard InChI is InChI=1S/C12H20N2S/c1-10(12-6-4-8-15-12)14-9-11-5-2-3-7-13-11/h4,6,8,10-11,13-14H,2-3,5,7,9H2,1H3/t10-,11?/m0/s1. The Balaban J connectivity index is 1.73. The van der Waals surface area contributed by atoms with Gasteiger partial charge < -0.3 is 10.6 Å². The minimum Gasteiger partial charge on any atom is -0.313 e. The molecule has 2 nitrogen and oxygen atoms in total. The van der Waals surface area contributed by atoms with Crippen molar-refractivity contribution in [1.29, 1.82) is 0 Å². The number of piperidine rings is 1. The molecule has 1 aromatic rings. The maximum absolute atomic E-state index is 3.60. The van der Waals surface area contributed by atoms with Crippen molar-refractivity contribution >= 4 is 11.3 Å². The van der Waals surface area contributed by atoms with E-state index in [4.69, 9.17) is 0 Å². The normalized spacial score (nSPS) is 23.9. The molecule has 84 valence electrons. The highest BCUT2D eigenvalue weighted by molar-refractivity contribution is 7.10. The molecule has 1 fully saturated rings. The van der Waals surface area contributed by atoms with Gasteiger partial charge in [0.1, 0.15) is 0 Å². The minimum absolute atomic E-state index is 0.494. The van der Waals surface area contributed by atoms with Gasteiger partial charge in [-0.25, -0.2) is 0 Å². The van der Waals surface area contributed by atoms with Crippen molar-refractivity contribution in [3.8, 4) is 0 Å². The Bertz CT molecular complexity index is 265. The molecule has 0 saturated carbocycles. The van der Waals surface area contributed by atoms with Crippen LogP contribution < -0.4 is 10.6 Å². The third-order valence-corrected chi connectivity index (χ3v) is 4.11. The van der Waals surface area contributed by atoms with Crippen LogP contribution in [0.4, 0.5) is 0 Å². The van der Waals surface area contributed by atoms with Gasteiger partial charge in [-0.1, -0.05) is 12.5 Å². The van der Waals surface area contributed by atoms with Crippen LogP contribution in [0.5, 0.6) is 0 Å². The van der Waals surface area contributed by atoms with E-state index < -0.39 is 0 Å². The average Bonchev–Trinajstić information content (AvgIpc) is 2.81. The van der Waals surface area contributed by atoms with Crippen molar-refractivity contribution in [3.05, 3.63) is 22.4 Å². The number of rotatable bonds is 4. The van der Waals surface area contributed by atoms with E-state index in [0.29, 0.717) is 12.1 Å². The molecule has 15 heavy (non-hydrogen) atoms. The fourth-order valence-corrected chi connectivity index (χ4v) is 2.81. The first-order valence-corrected chi connectivity index (χ1v) is 6.74. The second-order valence-electron chi connectivity index (χ2n) is 4.29. The number of hydrogen-bond donors (Lipinski definition) is 2. The van der Waals surface area contributed by atoms with Crippen molar-refractivity contribution in [2.24, 2.45) is 0 Å². The average molecular weight is 224 g/mol. The van der Waals surface area contributed by atoms with Gasteiger partial charge in [-0.15, -0.1) is 11.3 Å². The summed E-state index contributed by atoms with van der Waals surface area (Å²) < 4.78 is 0. The molecule has 1 saturated heterocycles. The highest BCUT2D eigenvalue weighted by Gasteiger charge is 2.13. The Morgan fingerprint density at radius 3 is 3.20 bits per heavy atom. The Morgan fingerprint density at radius 2 is 2.53 bits per heavy atom. The molecule has 2 rings (SSSR count). The fraction of sp³-hybridized carbons (Fsp3) is 0.667. The topological polar surface area (TPSA) is 24.1 Å². The van der Waals surface area contributed by atoms with Crippen LogP contribution in [0.15, 0.2) is 17.5 Å². The van der Waals surface area contributed by atoms with Crippen LogP contribution in [-0.4, -0.2) is 19.1 Å². The lowest BCUT2D eigenvalue weighted by atomic mass is 10.0. The zero-order chi connectivity index (χ0) is 10.5. The second-order valence-corrected chi connectivity index (χ2v) is 5.27. The molecule has 0 bridgehead atoms. The first-order chi connectivity index (χ1) is 7.36. The molecule has 2 heterocycles. The van der Waals surface area contributed by atoms with Gasteiger partial charge in [0.2, 0.25) is 0 Å². The molecular formula is C12H20N2S. The van der Waals surface area contributed by atoms with E-state index in [0.717, 1.165) is 6.54 Å². The smallest absolute Gasteiger partial charge is 0.0386 e. The molecule has 2 N–H and O–H groups in total. The zero-order valence-electron chi connectivity index (χ0n) is 9.33. The lowest BCUT2D eigenvalue weighted by Crippen LogP contribution is -2.42. The molecule has 0 aromatic carbocycles. The Morgan fingerprint density at radius 1 is 1.60 bits per heavy atom. The van der Waals surface area contributed by atoms with Gasteiger partial charge in [0.25, 0.3) is 0 Å². The van der Waals surface area contributed by atoms with Crippen molar-refractivity contribution in [2.45, 2.75) is 38.3 Å². The van der Waals surface area contributed by atoms with Crippen molar-refractivity contribution < 1.29 is 0 Å². The molecule has 2 atom stereocenters. The summed E-state index contributed by atoms with van der Waals surface area (Å²) in [5.74, 6) is 0. The fourth-order valence-electron chi connectivity index (χ4n) is 2.06. The van der Waals surface area contributed by atoms with Gasteiger partial charge in [0.15, 0.2) is 0 Å². The van der Waals surface area contributed by atoms with Gasteiger partial charge in [-0.05, 0) is 37.8 Å². The van der Waals surface area contributed by atoms with Gasteiger partial charge in [-0.3, -0.25) is 0 Å². The summed E-state index contributed by atoms with van der Waals surface area (Å²) in [6.45, 7) is 4.54. The highest BCUT2D eigenvalue weighted by Crippen LogP contribution is 2.18. The summed E-state index contributed by atoms with van der Waals surface area (Å²) in [5, 5.41) is 9.31. The molecule has 1 aliphatic rings. The van der Waals surface area contributed by atoms with Gasteiger partial charge in [0, 0.05) is 23.5 Å². The summed E-state index contributed by atoms with van der Waals surface area (Å²) in [4.78, 5) is 1.44. The van der Waals surface area contributed by atoms with E-state index in [1.165, 1.54) is 30.7 Å². The first kappa shape index (κ1) is 11.1. The van der Waals surface area contributed by atoms with Crippen LogP contribution in [0, 0.1) is 0 Å². The Kier molecular flexibility index (Phi) is 4.18. The summed E-state index contributed by atoms with van der Waals surface area (Å²) in [6.07, 6.45) is 4.05. The predicted octanol–water partition coefficient (Wildman–Crippen LogP) is 2.54. The van der Waals surface area contributed by atoms with E-state index in [9.17, 15) is 0 Å². The molecule has 3 heteroatoms. The Hall–Kier alpha value is -0.380. The summed E-state index contributed by atoms with van der Waals surface area (Å²) >= 11 is 1.83. The molecule has 0 radical (unpaired) electrons. The first-order valence-electron chi connectivity index (χ1n) is 5.86. The van der Waals surface area contributed by atoms with E-state index >= 15 is 0 Å². The predicted molar refractivity (Wildman–Crippen MR) is 66.4 cm³/mol. The molecular weight excluding hydrogens is 204 g/mol. The van der Waals surface area contributed by atoms with Crippen molar-refractivity contribution in [1.82, 2.24) is 10.6 Å². The van der Waals surface area contributed by atoms with Crippen LogP contribution in [0.2, 0.25) is 0 Å². The van der Waals surface area contributed by atoms with E-state index in [1.807, 2.05) is 11.3 Å². The van der Waals surface area contributed by atoms with E-state index in [1.54, 1.807) is 0 Å². The third kappa shape index (κ3) is 3.30. The largest absolute Gasteiger partial charge is 0.313 e.